The van der Waals surface area contributed by atoms with Crippen molar-refractivity contribution in [3.63, 3.8) is 0 Å². The topological polar surface area (TPSA) is 124 Å². The number of fused-ring (bicyclic) bond motifs is 1. The third-order valence-corrected chi connectivity index (χ3v) is 7.97. The second-order valence-corrected chi connectivity index (χ2v) is 10.8. The van der Waals surface area contributed by atoms with Gasteiger partial charge in [-0.2, -0.15) is 8.42 Å². The van der Waals surface area contributed by atoms with Crippen LogP contribution in [0.2, 0.25) is 0 Å². The molecule has 1 aromatic heterocycles. The van der Waals surface area contributed by atoms with Crippen molar-refractivity contribution < 1.29 is 27.1 Å². The molecule has 1 aliphatic heterocycles. The highest BCUT2D eigenvalue weighted by molar-refractivity contribution is 7.87. The third-order valence-electron chi connectivity index (χ3n) is 5.18. The Balaban J connectivity index is 0.000000840. The molecule has 0 bridgehead atoms. The van der Waals surface area contributed by atoms with Crippen LogP contribution in [0.1, 0.15) is 50.4 Å². The number of carbonyl (C=O) groups is 2. The molecule has 0 N–H and O–H groups in total. The first-order valence-electron chi connectivity index (χ1n) is 10.8. The van der Waals surface area contributed by atoms with Gasteiger partial charge in [0.1, 0.15) is 11.0 Å². The third kappa shape index (κ3) is 5.92. The number of imide groups is 1. The van der Waals surface area contributed by atoms with Crippen LogP contribution in [-0.4, -0.2) is 42.5 Å². The van der Waals surface area contributed by atoms with E-state index in [-0.39, 0.29) is 22.4 Å². The molecule has 0 spiro atoms. The average molecular weight is 551 g/mol. The van der Waals surface area contributed by atoms with Gasteiger partial charge in [0.2, 0.25) is 0 Å². The molecule has 1 atom stereocenters. The van der Waals surface area contributed by atoms with Crippen LogP contribution in [0, 0.1) is 17.0 Å². The van der Waals surface area contributed by atoms with Crippen LogP contribution in [0.5, 0.6) is 5.75 Å². The quantitative estimate of drug-likeness (QED) is 0.122. The normalized spacial score (nSPS) is 13.6. The predicted molar refractivity (Wildman–Crippen MR) is 137 cm³/mol. The molecule has 2 amide bonds. The Morgan fingerprint density at radius 2 is 1.61 bits per heavy atom. The van der Waals surface area contributed by atoms with Crippen LogP contribution in [0.25, 0.3) is 0 Å². The number of amides is 2. The highest BCUT2D eigenvalue weighted by atomic mass is 35.5. The van der Waals surface area contributed by atoms with E-state index in [1.165, 1.54) is 35.7 Å². The first kappa shape index (κ1) is 27.3. The maximum Gasteiger partial charge on any atom is 0.328 e. The van der Waals surface area contributed by atoms with E-state index in [1.54, 1.807) is 24.3 Å². The van der Waals surface area contributed by atoms with E-state index in [0.29, 0.717) is 0 Å². The van der Waals surface area contributed by atoms with Gasteiger partial charge in [-0.1, -0.05) is 48.1 Å². The summed E-state index contributed by atoms with van der Waals surface area (Å²) in [4.78, 5) is 37.2. The summed E-state index contributed by atoms with van der Waals surface area (Å²) in [5, 5.41) is 10.8. The number of nitro groups is 1. The molecule has 1 aliphatic rings. The number of aryl methyl sites for hydroxylation is 1. The van der Waals surface area contributed by atoms with Gasteiger partial charge in [0.05, 0.1) is 28.2 Å². The summed E-state index contributed by atoms with van der Waals surface area (Å²) in [7, 11) is -4.53. The summed E-state index contributed by atoms with van der Waals surface area (Å²) in [6.45, 7) is 3.24. The Morgan fingerprint density at radius 1 is 1.06 bits per heavy atom. The van der Waals surface area contributed by atoms with Crippen molar-refractivity contribution in [3.05, 3.63) is 92.3 Å². The molecule has 4 rings (SSSR count). The molecule has 0 fully saturated rings. The van der Waals surface area contributed by atoms with E-state index in [0.717, 1.165) is 34.1 Å². The van der Waals surface area contributed by atoms with E-state index >= 15 is 0 Å². The monoisotopic (exact) mass is 550 g/mol. The van der Waals surface area contributed by atoms with Gasteiger partial charge in [-0.05, 0) is 49.1 Å². The van der Waals surface area contributed by atoms with Gasteiger partial charge >= 0.3 is 15.1 Å². The molecule has 9 nitrogen and oxygen atoms in total. The minimum Gasteiger partial charge on any atom is -0.382 e. The smallest absolute Gasteiger partial charge is 0.328 e. The van der Waals surface area contributed by atoms with Crippen LogP contribution in [0.4, 0.5) is 5.00 Å². The number of alkyl halides is 1. The van der Waals surface area contributed by atoms with Gasteiger partial charge in [0, 0.05) is 5.88 Å². The molecule has 0 saturated carbocycles. The molecule has 3 aromatic rings. The average Bonchev–Trinajstić information content (AvgIpc) is 3.43. The van der Waals surface area contributed by atoms with E-state index < -0.39 is 43.7 Å². The molecule has 36 heavy (non-hydrogen) atoms. The second kappa shape index (κ2) is 11.6. The molecule has 0 aliphatic carbocycles. The van der Waals surface area contributed by atoms with E-state index in [4.69, 9.17) is 15.8 Å². The molecule has 2 aromatic carbocycles. The summed E-state index contributed by atoms with van der Waals surface area (Å²) < 4.78 is 31.7. The lowest BCUT2D eigenvalue weighted by Crippen LogP contribution is -2.37. The van der Waals surface area contributed by atoms with Crippen molar-refractivity contribution in [2.45, 2.75) is 25.5 Å². The minimum absolute atomic E-state index is 0.0147. The fourth-order valence-corrected chi connectivity index (χ4v) is 5.59. The van der Waals surface area contributed by atoms with Gasteiger partial charge in [-0.25, -0.2) is 0 Å². The highest BCUT2D eigenvalue weighted by Gasteiger charge is 2.43. The Bertz CT molecular complexity index is 1330. The van der Waals surface area contributed by atoms with Crippen LogP contribution in [0.15, 0.2) is 60.0 Å². The molecular formula is C24H23ClN2O7S2. The maximum atomic E-state index is 13.2. The number of halogens is 1. The van der Waals surface area contributed by atoms with Crippen molar-refractivity contribution in [1.82, 2.24) is 4.90 Å². The van der Waals surface area contributed by atoms with Crippen molar-refractivity contribution in [1.29, 1.82) is 0 Å². The summed E-state index contributed by atoms with van der Waals surface area (Å²) in [5.41, 5.74) is 1.02. The molecule has 0 saturated heterocycles. The zero-order valence-corrected chi connectivity index (χ0v) is 21.8. The van der Waals surface area contributed by atoms with Crippen LogP contribution >= 0.6 is 22.9 Å². The zero-order valence-electron chi connectivity index (χ0n) is 19.4. The van der Waals surface area contributed by atoms with E-state index in [2.05, 4.69) is 0 Å². The van der Waals surface area contributed by atoms with Gasteiger partial charge in [-0.3, -0.25) is 24.6 Å². The van der Waals surface area contributed by atoms with Crippen molar-refractivity contribution >= 4 is 49.9 Å². The number of thiophene rings is 1. The summed E-state index contributed by atoms with van der Waals surface area (Å²) in [6, 6.07) is 13.6. The number of benzene rings is 2. The largest absolute Gasteiger partial charge is 0.382 e. The lowest BCUT2D eigenvalue weighted by Gasteiger charge is -2.22. The van der Waals surface area contributed by atoms with Crippen LogP contribution in [-0.2, 0) is 10.1 Å². The highest BCUT2D eigenvalue weighted by Crippen LogP contribution is 2.38. The standard InChI is InChI=1S/C21H16N2O7S2.C3H7Cl/c1-13-6-8-14(9-7-13)30-32(28,29)18(17-10-11-31-21(17)23(26)27)12-22-19(24)15-4-2-3-5-16(15)20(22)25;1-2-3-4/h2-11,18H,12H2,1H3;2-3H2,1H3. The van der Waals surface area contributed by atoms with Crippen LogP contribution < -0.4 is 4.18 Å². The van der Waals surface area contributed by atoms with E-state index in [1.807, 2.05) is 13.8 Å². The number of carbonyl (C=O) groups excluding carboxylic acids is 2. The summed E-state index contributed by atoms with van der Waals surface area (Å²) >= 11 is 5.94. The lowest BCUT2D eigenvalue weighted by atomic mass is 10.1. The predicted octanol–water partition coefficient (Wildman–Crippen LogP) is 5.35. The second-order valence-electron chi connectivity index (χ2n) is 7.77. The molecule has 1 unspecified atom stereocenters. The summed E-state index contributed by atoms with van der Waals surface area (Å²) in [6.07, 6.45) is 1.08. The van der Waals surface area contributed by atoms with Gasteiger partial charge in [0.25, 0.3) is 11.8 Å². The van der Waals surface area contributed by atoms with Crippen molar-refractivity contribution in [2.75, 3.05) is 12.4 Å². The molecule has 190 valence electrons. The SMILES string of the molecule is CCCCl.Cc1ccc(OS(=O)(=O)C(CN2C(=O)c3ccccc3C2=O)c2ccsc2[N+](=O)[O-])cc1. The first-order chi connectivity index (χ1) is 17.1. The van der Waals surface area contributed by atoms with Gasteiger partial charge < -0.3 is 4.18 Å². The lowest BCUT2D eigenvalue weighted by molar-refractivity contribution is -0.380. The number of nitrogens with zero attached hydrogens (tertiary/aromatic N) is 2. The zero-order chi connectivity index (χ0) is 26.5. The number of hydrogen-bond donors (Lipinski definition) is 0. The van der Waals surface area contributed by atoms with Crippen LogP contribution in [0.3, 0.4) is 0 Å². The first-order valence-corrected chi connectivity index (χ1v) is 13.7. The molecular weight excluding hydrogens is 528 g/mol. The minimum atomic E-state index is -4.53. The Hall–Kier alpha value is -3.28. The van der Waals surface area contributed by atoms with Crippen molar-refractivity contribution in [2.24, 2.45) is 0 Å². The van der Waals surface area contributed by atoms with Gasteiger partial charge in [0.15, 0.2) is 0 Å². The fraction of sp³-hybridized carbons (Fsp3) is 0.250. The van der Waals surface area contributed by atoms with Gasteiger partial charge in [-0.15, -0.1) is 11.6 Å². The molecule has 12 heteroatoms. The Morgan fingerprint density at radius 3 is 2.11 bits per heavy atom. The number of hydrogen-bond acceptors (Lipinski definition) is 8. The van der Waals surface area contributed by atoms with E-state index in [9.17, 15) is 28.1 Å². The molecule has 0 radical (unpaired) electrons. The number of rotatable bonds is 8. The fourth-order valence-electron chi connectivity index (χ4n) is 3.41. The maximum absolute atomic E-state index is 13.2. The molecule has 2 heterocycles. The Kier molecular flexibility index (Phi) is 8.83. The van der Waals surface area contributed by atoms with Crippen molar-refractivity contribution in [3.8, 4) is 5.75 Å². The summed E-state index contributed by atoms with van der Waals surface area (Å²) in [5.74, 6) is -0.529. The Labute approximate surface area is 217 Å².